The number of ether oxygens (including phenoxy) is 1. The highest BCUT2D eigenvalue weighted by Crippen LogP contribution is 2.27. The summed E-state index contributed by atoms with van der Waals surface area (Å²) in [6.07, 6.45) is 0. The third kappa shape index (κ3) is 3.03. The maximum atomic E-state index is 12.8. The second-order valence-electron chi connectivity index (χ2n) is 6.32. The number of para-hydroxylation sites is 2. The minimum Gasteiger partial charge on any atom is -0.378 e. The van der Waals surface area contributed by atoms with Gasteiger partial charge < -0.3 is 14.2 Å². The van der Waals surface area contributed by atoms with Crippen LogP contribution >= 0.6 is 0 Å². The van der Waals surface area contributed by atoms with E-state index in [0.717, 1.165) is 28.0 Å². The Labute approximate surface area is 146 Å². The summed E-state index contributed by atoms with van der Waals surface area (Å²) in [5.41, 5.74) is 4.12. The Morgan fingerprint density at radius 3 is 2.60 bits per heavy atom. The fraction of sp³-hybridized carbons (Fsp3) is 0.300. The van der Waals surface area contributed by atoms with E-state index in [0.29, 0.717) is 32.8 Å². The summed E-state index contributed by atoms with van der Waals surface area (Å²) in [6, 6.07) is 16.1. The van der Waals surface area contributed by atoms with Gasteiger partial charge in [-0.1, -0.05) is 36.4 Å². The number of carbonyl (C=O) groups is 1. The summed E-state index contributed by atoms with van der Waals surface area (Å²) >= 11 is 0. The van der Waals surface area contributed by atoms with Crippen LogP contribution in [0.15, 0.2) is 48.5 Å². The van der Waals surface area contributed by atoms with Gasteiger partial charge >= 0.3 is 0 Å². The number of aromatic nitrogens is 2. The van der Waals surface area contributed by atoms with Crippen molar-refractivity contribution in [3.05, 3.63) is 54.1 Å². The normalized spacial score (nSPS) is 14.8. The van der Waals surface area contributed by atoms with E-state index < -0.39 is 0 Å². The molecule has 1 saturated heterocycles. The Bertz CT molecular complexity index is 910. The predicted molar refractivity (Wildman–Crippen MR) is 97.3 cm³/mol. The Morgan fingerprint density at radius 2 is 1.80 bits per heavy atom. The largest absolute Gasteiger partial charge is 0.378 e. The summed E-state index contributed by atoms with van der Waals surface area (Å²) in [4.78, 5) is 19.5. The first-order valence-electron chi connectivity index (χ1n) is 8.61. The van der Waals surface area contributed by atoms with E-state index >= 15 is 0 Å². The lowest BCUT2D eigenvalue weighted by molar-refractivity contribution is -0.135. The molecule has 1 aliphatic rings. The minimum atomic E-state index is 0.112. The van der Waals surface area contributed by atoms with Crippen molar-refractivity contribution in [1.82, 2.24) is 14.5 Å². The number of fused-ring (bicyclic) bond motifs is 1. The van der Waals surface area contributed by atoms with Gasteiger partial charge in [-0.25, -0.2) is 4.98 Å². The number of nitrogens with zero attached hydrogens (tertiary/aromatic N) is 3. The number of amides is 1. The molecule has 1 amide bonds. The molecular weight excluding hydrogens is 314 g/mol. The molecule has 0 unspecified atom stereocenters. The van der Waals surface area contributed by atoms with Gasteiger partial charge in [0, 0.05) is 18.7 Å². The molecule has 2 aromatic carbocycles. The van der Waals surface area contributed by atoms with E-state index in [1.165, 1.54) is 0 Å². The average Bonchev–Trinajstić information content (AvgIpc) is 3.01. The topological polar surface area (TPSA) is 47.4 Å². The van der Waals surface area contributed by atoms with Gasteiger partial charge in [-0.15, -0.1) is 0 Å². The number of carbonyl (C=O) groups excluding carboxylic acids is 1. The van der Waals surface area contributed by atoms with Crippen LogP contribution in [0.2, 0.25) is 0 Å². The molecule has 25 heavy (non-hydrogen) atoms. The van der Waals surface area contributed by atoms with Crippen LogP contribution in [0.4, 0.5) is 0 Å². The SMILES string of the molecule is Cc1ccccc1-c1nc2ccccc2n1CC(=O)N1CCOCC1. The Hall–Kier alpha value is -2.66. The number of hydrogen-bond acceptors (Lipinski definition) is 3. The predicted octanol–water partition coefficient (Wildman–Crippen LogP) is 2.87. The van der Waals surface area contributed by atoms with Gasteiger partial charge in [0.05, 0.1) is 24.2 Å². The van der Waals surface area contributed by atoms with Crippen molar-refractivity contribution in [1.29, 1.82) is 0 Å². The van der Waals surface area contributed by atoms with Crippen LogP contribution in [0.25, 0.3) is 22.4 Å². The number of morpholine rings is 1. The molecule has 1 fully saturated rings. The number of benzene rings is 2. The van der Waals surface area contributed by atoms with E-state index in [2.05, 4.69) is 19.1 Å². The fourth-order valence-corrected chi connectivity index (χ4v) is 3.31. The highest BCUT2D eigenvalue weighted by Gasteiger charge is 2.21. The average molecular weight is 335 g/mol. The monoisotopic (exact) mass is 335 g/mol. The maximum absolute atomic E-state index is 12.8. The molecule has 1 aromatic heterocycles. The van der Waals surface area contributed by atoms with E-state index in [1.54, 1.807) is 0 Å². The van der Waals surface area contributed by atoms with E-state index in [4.69, 9.17) is 9.72 Å². The van der Waals surface area contributed by atoms with Crippen LogP contribution in [0.5, 0.6) is 0 Å². The molecule has 0 saturated carbocycles. The number of rotatable bonds is 3. The zero-order chi connectivity index (χ0) is 17.2. The van der Waals surface area contributed by atoms with E-state index in [-0.39, 0.29) is 5.91 Å². The van der Waals surface area contributed by atoms with Crippen LogP contribution in [0, 0.1) is 6.92 Å². The molecule has 5 nitrogen and oxygen atoms in total. The van der Waals surface area contributed by atoms with Crippen molar-refractivity contribution in [2.45, 2.75) is 13.5 Å². The number of imidazole rings is 1. The quantitative estimate of drug-likeness (QED) is 0.739. The molecule has 4 rings (SSSR count). The Balaban J connectivity index is 1.77. The molecule has 0 atom stereocenters. The lowest BCUT2D eigenvalue weighted by Gasteiger charge is -2.27. The molecule has 0 spiro atoms. The smallest absolute Gasteiger partial charge is 0.242 e. The van der Waals surface area contributed by atoms with Crippen molar-refractivity contribution in [2.75, 3.05) is 26.3 Å². The van der Waals surface area contributed by atoms with Gasteiger partial charge in [-0.05, 0) is 24.6 Å². The first-order valence-corrected chi connectivity index (χ1v) is 8.61. The van der Waals surface area contributed by atoms with Crippen molar-refractivity contribution in [3.63, 3.8) is 0 Å². The van der Waals surface area contributed by atoms with Crippen LogP contribution in [-0.4, -0.2) is 46.7 Å². The second kappa shape index (κ2) is 6.69. The van der Waals surface area contributed by atoms with Crippen molar-refractivity contribution >= 4 is 16.9 Å². The summed E-state index contributed by atoms with van der Waals surface area (Å²) in [6.45, 7) is 4.91. The zero-order valence-electron chi connectivity index (χ0n) is 14.3. The third-order valence-electron chi connectivity index (χ3n) is 4.70. The number of aryl methyl sites for hydroxylation is 1. The minimum absolute atomic E-state index is 0.112. The third-order valence-corrected chi connectivity index (χ3v) is 4.70. The zero-order valence-corrected chi connectivity index (χ0v) is 14.3. The van der Waals surface area contributed by atoms with Gasteiger partial charge in [0.2, 0.25) is 5.91 Å². The lowest BCUT2D eigenvalue weighted by Crippen LogP contribution is -2.42. The maximum Gasteiger partial charge on any atom is 0.242 e. The van der Waals surface area contributed by atoms with Gasteiger partial charge in [0.15, 0.2) is 0 Å². The fourth-order valence-electron chi connectivity index (χ4n) is 3.31. The molecule has 5 heteroatoms. The molecule has 0 aliphatic carbocycles. The molecule has 1 aliphatic heterocycles. The Kier molecular flexibility index (Phi) is 4.24. The molecule has 128 valence electrons. The van der Waals surface area contributed by atoms with Crippen LogP contribution < -0.4 is 0 Å². The summed E-state index contributed by atoms with van der Waals surface area (Å²) in [7, 11) is 0. The molecule has 0 bridgehead atoms. The van der Waals surface area contributed by atoms with E-state index in [1.807, 2.05) is 45.9 Å². The number of hydrogen-bond donors (Lipinski definition) is 0. The molecule has 0 N–H and O–H groups in total. The van der Waals surface area contributed by atoms with Crippen LogP contribution in [0.1, 0.15) is 5.56 Å². The molecule has 3 aromatic rings. The van der Waals surface area contributed by atoms with Crippen LogP contribution in [0.3, 0.4) is 0 Å². The van der Waals surface area contributed by atoms with Gasteiger partial charge in [-0.3, -0.25) is 4.79 Å². The summed E-state index contributed by atoms with van der Waals surface area (Å²) < 4.78 is 7.39. The van der Waals surface area contributed by atoms with E-state index in [9.17, 15) is 4.79 Å². The highest BCUT2D eigenvalue weighted by molar-refractivity contribution is 5.85. The lowest BCUT2D eigenvalue weighted by atomic mass is 10.1. The van der Waals surface area contributed by atoms with Crippen molar-refractivity contribution in [3.8, 4) is 11.4 Å². The first-order chi connectivity index (χ1) is 12.2. The standard InChI is InChI=1S/C20H21N3O2/c1-15-6-2-3-7-16(15)20-21-17-8-4-5-9-18(17)23(20)14-19(24)22-10-12-25-13-11-22/h2-9H,10-14H2,1H3. The van der Waals surface area contributed by atoms with Gasteiger partial charge in [0.25, 0.3) is 0 Å². The molecule has 2 heterocycles. The molecule has 0 radical (unpaired) electrons. The van der Waals surface area contributed by atoms with Crippen LogP contribution in [-0.2, 0) is 16.1 Å². The van der Waals surface area contributed by atoms with Gasteiger partial charge in [-0.2, -0.15) is 0 Å². The molecular formula is C20H21N3O2. The second-order valence-corrected chi connectivity index (χ2v) is 6.32. The van der Waals surface area contributed by atoms with Gasteiger partial charge in [0.1, 0.15) is 12.4 Å². The highest BCUT2D eigenvalue weighted by atomic mass is 16.5. The van der Waals surface area contributed by atoms with Crippen molar-refractivity contribution < 1.29 is 9.53 Å². The Morgan fingerprint density at radius 1 is 1.08 bits per heavy atom. The van der Waals surface area contributed by atoms with Crippen molar-refractivity contribution in [2.24, 2.45) is 0 Å². The summed E-state index contributed by atoms with van der Waals surface area (Å²) in [5, 5.41) is 0. The first kappa shape index (κ1) is 15.8. The summed E-state index contributed by atoms with van der Waals surface area (Å²) in [5.74, 6) is 0.960.